The molecule has 5 heteroatoms. The van der Waals surface area contributed by atoms with Gasteiger partial charge in [0, 0.05) is 12.3 Å². The average molecular weight is 165 g/mol. The summed E-state index contributed by atoms with van der Waals surface area (Å²) in [5.41, 5.74) is 0. The Morgan fingerprint density at radius 2 is 2.10 bits per heavy atom. The van der Waals surface area contributed by atoms with Crippen molar-refractivity contribution in [1.82, 2.24) is 5.06 Å². The van der Waals surface area contributed by atoms with Crippen LogP contribution in [0.15, 0.2) is 0 Å². The Labute approximate surface area is 62.2 Å². The summed E-state index contributed by atoms with van der Waals surface area (Å²) in [5.74, 6) is 0.246. The molecule has 4 nitrogen and oxygen atoms in total. The van der Waals surface area contributed by atoms with E-state index in [1.807, 2.05) is 0 Å². The topological polar surface area (TPSA) is 57.6 Å². The Kier molecular flexibility index (Phi) is 4.22. The lowest BCUT2D eigenvalue weighted by Gasteiger charge is -2.09. The van der Waals surface area contributed by atoms with Crippen LogP contribution in [-0.2, 0) is 10.8 Å². The molecular weight excluding hydrogens is 154 g/mol. The van der Waals surface area contributed by atoms with E-state index in [9.17, 15) is 9.00 Å². The molecule has 1 amide bonds. The number of carbonyl (C=O) groups is 1. The molecular formula is C5H11NO3S. The molecule has 0 fully saturated rings. The minimum atomic E-state index is -1.56. The van der Waals surface area contributed by atoms with E-state index in [-0.39, 0.29) is 12.3 Å². The molecule has 0 bridgehead atoms. The van der Waals surface area contributed by atoms with Crippen molar-refractivity contribution in [3.8, 4) is 0 Å². The SMILES string of the molecule is CCN(O)C(=O)S(=O)CC. The lowest BCUT2D eigenvalue weighted by atomic mass is 10.8. The van der Waals surface area contributed by atoms with Crippen LogP contribution in [0.2, 0.25) is 0 Å². The third-order valence-electron chi connectivity index (χ3n) is 0.967. The van der Waals surface area contributed by atoms with Gasteiger partial charge in [0.1, 0.15) is 10.8 Å². The Morgan fingerprint density at radius 3 is 2.40 bits per heavy atom. The molecule has 10 heavy (non-hydrogen) atoms. The number of rotatable bonds is 2. The van der Waals surface area contributed by atoms with Gasteiger partial charge in [-0.1, -0.05) is 6.92 Å². The standard InChI is InChI=1S/C5H11NO3S/c1-3-6(8)5(7)10(9)4-2/h8H,3-4H2,1-2H3. The second kappa shape index (κ2) is 4.40. The molecule has 0 saturated carbocycles. The second-order valence-electron chi connectivity index (χ2n) is 1.62. The highest BCUT2D eigenvalue weighted by molar-refractivity contribution is 8.00. The van der Waals surface area contributed by atoms with Crippen LogP contribution in [0.3, 0.4) is 0 Å². The quantitative estimate of drug-likeness (QED) is 0.481. The van der Waals surface area contributed by atoms with Crippen molar-refractivity contribution in [1.29, 1.82) is 0 Å². The first-order valence-electron chi connectivity index (χ1n) is 3.02. The van der Waals surface area contributed by atoms with Crippen LogP contribution in [-0.4, -0.2) is 32.0 Å². The van der Waals surface area contributed by atoms with Crippen molar-refractivity contribution in [2.24, 2.45) is 0 Å². The van der Waals surface area contributed by atoms with Crippen LogP contribution in [0, 0.1) is 0 Å². The fourth-order valence-electron chi connectivity index (χ4n) is 0.370. The molecule has 1 N–H and O–H groups in total. The predicted molar refractivity (Wildman–Crippen MR) is 38.2 cm³/mol. The van der Waals surface area contributed by atoms with Crippen molar-refractivity contribution < 1.29 is 14.2 Å². The molecule has 1 atom stereocenters. The van der Waals surface area contributed by atoms with E-state index >= 15 is 0 Å². The maximum absolute atomic E-state index is 10.7. The predicted octanol–water partition coefficient (Wildman–Crippen LogP) is 0.586. The molecule has 0 spiro atoms. The monoisotopic (exact) mass is 165 g/mol. The van der Waals surface area contributed by atoms with Gasteiger partial charge in [0.15, 0.2) is 0 Å². The van der Waals surface area contributed by atoms with E-state index < -0.39 is 16.0 Å². The summed E-state index contributed by atoms with van der Waals surface area (Å²) in [6, 6.07) is 0. The fourth-order valence-corrected chi connectivity index (χ4v) is 0.981. The van der Waals surface area contributed by atoms with Crippen LogP contribution >= 0.6 is 0 Å². The molecule has 0 aromatic heterocycles. The van der Waals surface area contributed by atoms with Crippen molar-refractivity contribution >= 4 is 16.0 Å². The summed E-state index contributed by atoms with van der Waals surface area (Å²) >= 11 is 0. The van der Waals surface area contributed by atoms with E-state index in [1.165, 1.54) is 0 Å². The summed E-state index contributed by atoms with van der Waals surface area (Å²) in [6.07, 6.45) is 0. The molecule has 0 aromatic rings. The number of amides is 1. The van der Waals surface area contributed by atoms with Crippen LogP contribution in [0.25, 0.3) is 0 Å². The first-order valence-corrected chi connectivity index (χ1v) is 4.34. The molecule has 0 aliphatic carbocycles. The van der Waals surface area contributed by atoms with Crippen LogP contribution < -0.4 is 0 Å². The van der Waals surface area contributed by atoms with Gasteiger partial charge in [-0.25, -0.2) is 9.27 Å². The maximum Gasteiger partial charge on any atom is 0.335 e. The van der Waals surface area contributed by atoms with E-state index in [4.69, 9.17) is 5.21 Å². The Morgan fingerprint density at radius 1 is 1.60 bits per heavy atom. The van der Waals surface area contributed by atoms with Crippen molar-refractivity contribution in [3.05, 3.63) is 0 Å². The van der Waals surface area contributed by atoms with Gasteiger partial charge in [-0.05, 0) is 6.92 Å². The highest BCUT2D eigenvalue weighted by Gasteiger charge is 2.14. The first kappa shape index (κ1) is 9.58. The fraction of sp³-hybridized carbons (Fsp3) is 0.800. The van der Waals surface area contributed by atoms with Gasteiger partial charge in [-0.3, -0.25) is 10.0 Å². The highest BCUT2D eigenvalue weighted by atomic mass is 32.2. The van der Waals surface area contributed by atoms with Gasteiger partial charge >= 0.3 is 5.24 Å². The molecule has 0 heterocycles. The molecule has 0 aromatic carbocycles. The summed E-state index contributed by atoms with van der Waals surface area (Å²) < 4.78 is 10.7. The zero-order valence-electron chi connectivity index (χ0n) is 6.03. The minimum absolute atomic E-state index is 0.171. The highest BCUT2D eigenvalue weighted by Crippen LogP contribution is 1.92. The molecule has 0 rings (SSSR count). The molecule has 0 saturated heterocycles. The van der Waals surface area contributed by atoms with E-state index in [1.54, 1.807) is 13.8 Å². The second-order valence-corrected chi connectivity index (χ2v) is 3.23. The van der Waals surface area contributed by atoms with Gasteiger partial charge in [0.2, 0.25) is 0 Å². The van der Waals surface area contributed by atoms with Crippen molar-refractivity contribution in [2.75, 3.05) is 12.3 Å². The van der Waals surface area contributed by atoms with E-state index in [2.05, 4.69) is 0 Å². The van der Waals surface area contributed by atoms with Crippen molar-refractivity contribution in [3.63, 3.8) is 0 Å². The number of hydrogen-bond acceptors (Lipinski definition) is 3. The molecule has 0 aliphatic rings. The number of hydroxylamine groups is 2. The lowest BCUT2D eigenvalue weighted by Crippen LogP contribution is -2.29. The number of nitrogens with zero attached hydrogens (tertiary/aromatic N) is 1. The van der Waals surface area contributed by atoms with Crippen molar-refractivity contribution in [2.45, 2.75) is 13.8 Å². The summed E-state index contributed by atoms with van der Waals surface area (Å²) in [4.78, 5) is 10.7. The largest absolute Gasteiger partial charge is 0.335 e. The third kappa shape index (κ3) is 2.45. The van der Waals surface area contributed by atoms with Crippen LogP contribution in [0.1, 0.15) is 13.8 Å². The zero-order chi connectivity index (χ0) is 8.15. The molecule has 0 aliphatic heterocycles. The first-order chi connectivity index (χ1) is 4.63. The molecule has 60 valence electrons. The summed E-state index contributed by atoms with van der Waals surface area (Å²) in [6.45, 7) is 3.40. The smallest absolute Gasteiger partial charge is 0.285 e. The lowest BCUT2D eigenvalue weighted by molar-refractivity contribution is -0.0268. The maximum atomic E-state index is 10.7. The van der Waals surface area contributed by atoms with Crippen LogP contribution in [0.5, 0.6) is 0 Å². The normalized spacial score (nSPS) is 12.7. The van der Waals surface area contributed by atoms with Gasteiger partial charge in [0.05, 0.1) is 0 Å². The van der Waals surface area contributed by atoms with E-state index in [0.29, 0.717) is 5.06 Å². The van der Waals surface area contributed by atoms with Gasteiger partial charge < -0.3 is 0 Å². The Balaban J connectivity index is 3.95. The van der Waals surface area contributed by atoms with Gasteiger partial charge in [-0.2, -0.15) is 0 Å². The number of carbonyl (C=O) groups excluding carboxylic acids is 1. The summed E-state index contributed by atoms with van der Waals surface area (Å²) in [5, 5.41) is 8.46. The zero-order valence-corrected chi connectivity index (χ0v) is 6.85. The van der Waals surface area contributed by atoms with Crippen LogP contribution in [0.4, 0.5) is 4.79 Å². The number of hydrogen-bond donors (Lipinski definition) is 1. The average Bonchev–Trinajstić information content (AvgIpc) is 2.00. The molecule has 0 radical (unpaired) electrons. The van der Waals surface area contributed by atoms with Gasteiger partial charge in [-0.15, -0.1) is 0 Å². The third-order valence-corrected chi connectivity index (χ3v) is 2.09. The minimum Gasteiger partial charge on any atom is -0.285 e. The van der Waals surface area contributed by atoms with E-state index in [0.717, 1.165) is 0 Å². The Bertz CT molecular complexity index is 148. The summed E-state index contributed by atoms with van der Waals surface area (Å²) in [7, 11) is -1.56. The Hall–Kier alpha value is -0.420. The van der Waals surface area contributed by atoms with Gasteiger partial charge in [0.25, 0.3) is 0 Å². The molecule has 1 unspecified atom stereocenters.